The Kier molecular flexibility index (Phi) is 3.41. The number of nitrogens with one attached hydrogen (secondary N) is 1. The molecule has 19 heavy (non-hydrogen) atoms. The van der Waals surface area contributed by atoms with Crippen molar-refractivity contribution in [2.45, 2.75) is 6.92 Å². The summed E-state index contributed by atoms with van der Waals surface area (Å²) in [4.78, 5) is 23.8. The topological polar surface area (TPSA) is 72.1 Å². The predicted octanol–water partition coefficient (Wildman–Crippen LogP) is 1.67. The molecule has 0 aliphatic heterocycles. The Morgan fingerprint density at radius 3 is 2.53 bits per heavy atom. The lowest BCUT2D eigenvalue weighted by Crippen LogP contribution is -2.22. The van der Waals surface area contributed by atoms with Gasteiger partial charge in [0.1, 0.15) is 17.1 Å². The van der Waals surface area contributed by atoms with Gasteiger partial charge >= 0.3 is 5.97 Å². The summed E-state index contributed by atoms with van der Waals surface area (Å²) >= 11 is 0. The molecular formula is C13H11FN2O3. The van der Waals surface area contributed by atoms with E-state index in [1.54, 1.807) is 6.92 Å². The highest BCUT2D eigenvalue weighted by molar-refractivity contribution is 5.91. The van der Waals surface area contributed by atoms with Crippen LogP contribution in [0.15, 0.2) is 29.1 Å². The Morgan fingerprint density at radius 2 is 1.95 bits per heavy atom. The second kappa shape index (κ2) is 5.01. The molecule has 0 aliphatic rings. The van der Waals surface area contributed by atoms with Gasteiger partial charge in [-0.05, 0) is 31.2 Å². The molecule has 1 aromatic carbocycles. The molecule has 1 N–H and O–H groups in total. The van der Waals surface area contributed by atoms with E-state index in [2.05, 4.69) is 14.9 Å². The molecule has 0 amide bonds. The molecule has 0 bridgehead atoms. The molecule has 6 heteroatoms. The molecule has 0 atom stereocenters. The summed E-state index contributed by atoms with van der Waals surface area (Å²) in [5.74, 6) is -1.15. The molecule has 1 aromatic heterocycles. The highest BCUT2D eigenvalue weighted by Crippen LogP contribution is 2.14. The summed E-state index contributed by atoms with van der Waals surface area (Å²) in [5.41, 5.74) is 0.146. The number of aryl methyl sites for hydroxylation is 1. The zero-order chi connectivity index (χ0) is 14.0. The number of ether oxygens (including phenoxy) is 1. The minimum atomic E-state index is -0.732. The lowest BCUT2D eigenvalue weighted by molar-refractivity contribution is 0.0597. The molecule has 0 aliphatic carbocycles. The monoisotopic (exact) mass is 262 g/mol. The van der Waals surface area contributed by atoms with Gasteiger partial charge in [0.15, 0.2) is 0 Å². The SMILES string of the molecule is COC(=O)c1c(C)[nH]nc(-c2ccc(F)cc2)c1=O. The third kappa shape index (κ3) is 2.37. The summed E-state index contributed by atoms with van der Waals surface area (Å²) in [6.45, 7) is 1.55. The Hall–Kier alpha value is -2.50. The first-order chi connectivity index (χ1) is 9.04. The van der Waals surface area contributed by atoms with Gasteiger partial charge in [-0.15, -0.1) is 0 Å². The molecule has 0 saturated heterocycles. The van der Waals surface area contributed by atoms with Crippen LogP contribution in [0.3, 0.4) is 0 Å². The van der Waals surface area contributed by atoms with E-state index in [1.807, 2.05) is 0 Å². The van der Waals surface area contributed by atoms with Gasteiger partial charge in [-0.3, -0.25) is 9.89 Å². The summed E-state index contributed by atoms with van der Waals surface area (Å²) in [7, 11) is 1.19. The highest BCUT2D eigenvalue weighted by Gasteiger charge is 2.19. The molecule has 98 valence electrons. The van der Waals surface area contributed by atoms with Crippen molar-refractivity contribution in [2.75, 3.05) is 7.11 Å². The Balaban J connectivity index is 2.63. The van der Waals surface area contributed by atoms with Crippen LogP contribution in [0.25, 0.3) is 11.3 Å². The fraction of sp³-hybridized carbons (Fsp3) is 0.154. The minimum absolute atomic E-state index is 0.0472. The highest BCUT2D eigenvalue weighted by atomic mass is 19.1. The quantitative estimate of drug-likeness (QED) is 0.836. The molecule has 0 unspecified atom stereocenters. The van der Waals surface area contributed by atoms with Crippen LogP contribution in [0.4, 0.5) is 4.39 Å². The van der Waals surface area contributed by atoms with Gasteiger partial charge in [-0.25, -0.2) is 9.18 Å². The van der Waals surface area contributed by atoms with Crippen LogP contribution < -0.4 is 5.43 Å². The molecule has 0 radical (unpaired) electrons. The number of rotatable bonds is 2. The smallest absolute Gasteiger partial charge is 0.343 e. The van der Waals surface area contributed by atoms with Gasteiger partial charge in [-0.1, -0.05) is 0 Å². The number of halogens is 1. The molecule has 0 fully saturated rings. The summed E-state index contributed by atoms with van der Waals surface area (Å²) in [5, 5.41) is 6.48. The first-order valence-electron chi connectivity index (χ1n) is 5.48. The Morgan fingerprint density at radius 1 is 1.32 bits per heavy atom. The van der Waals surface area contributed by atoms with Gasteiger partial charge in [-0.2, -0.15) is 5.10 Å². The largest absolute Gasteiger partial charge is 0.465 e. The third-order valence-electron chi connectivity index (χ3n) is 2.66. The first-order valence-corrected chi connectivity index (χ1v) is 5.48. The molecule has 1 heterocycles. The molecule has 2 rings (SSSR count). The minimum Gasteiger partial charge on any atom is -0.465 e. The number of carbonyl (C=O) groups is 1. The Bertz CT molecular complexity index is 677. The lowest BCUT2D eigenvalue weighted by atomic mass is 10.1. The van der Waals surface area contributed by atoms with Gasteiger partial charge in [0.2, 0.25) is 5.43 Å². The second-order valence-electron chi connectivity index (χ2n) is 3.90. The van der Waals surface area contributed by atoms with Crippen LogP contribution in [0, 0.1) is 12.7 Å². The van der Waals surface area contributed by atoms with E-state index in [4.69, 9.17) is 0 Å². The second-order valence-corrected chi connectivity index (χ2v) is 3.90. The number of H-pyrrole nitrogens is 1. The average Bonchev–Trinajstić information content (AvgIpc) is 2.40. The van der Waals surface area contributed by atoms with Crippen molar-refractivity contribution in [2.24, 2.45) is 0 Å². The van der Waals surface area contributed by atoms with E-state index in [0.29, 0.717) is 11.3 Å². The molecule has 2 aromatic rings. The van der Waals surface area contributed by atoms with Crippen LogP contribution in [0.5, 0.6) is 0 Å². The van der Waals surface area contributed by atoms with Gasteiger partial charge < -0.3 is 4.74 Å². The number of carbonyl (C=O) groups excluding carboxylic acids is 1. The van der Waals surface area contributed by atoms with E-state index in [-0.39, 0.29) is 11.3 Å². The molecular weight excluding hydrogens is 251 g/mol. The van der Waals surface area contributed by atoms with E-state index in [1.165, 1.54) is 31.4 Å². The van der Waals surface area contributed by atoms with Gasteiger partial charge in [0.25, 0.3) is 0 Å². The molecule has 5 nitrogen and oxygen atoms in total. The fourth-order valence-electron chi connectivity index (χ4n) is 1.69. The third-order valence-corrected chi connectivity index (χ3v) is 2.66. The van der Waals surface area contributed by atoms with Gasteiger partial charge in [0.05, 0.1) is 7.11 Å². The number of benzene rings is 1. The van der Waals surface area contributed by atoms with E-state index < -0.39 is 17.2 Å². The van der Waals surface area contributed by atoms with Crippen LogP contribution in [-0.2, 0) is 4.74 Å². The normalized spacial score (nSPS) is 10.3. The van der Waals surface area contributed by atoms with E-state index >= 15 is 0 Å². The number of methoxy groups -OCH3 is 1. The summed E-state index contributed by atoms with van der Waals surface area (Å²) < 4.78 is 17.4. The number of hydrogen-bond donors (Lipinski definition) is 1. The number of esters is 1. The number of hydrogen-bond acceptors (Lipinski definition) is 4. The zero-order valence-electron chi connectivity index (χ0n) is 10.4. The maximum Gasteiger partial charge on any atom is 0.343 e. The zero-order valence-corrected chi connectivity index (χ0v) is 10.4. The van der Waals surface area contributed by atoms with Crippen molar-refractivity contribution in [1.29, 1.82) is 0 Å². The van der Waals surface area contributed by atoms with Crippen LogP contribution in [-0.4, -0.2) is 23.3 Å². The Labute approximate surface area is 108 Å². The van der Waals surface area contributed by atoms with Crippen LogP contribution in [0.2, 0.25) is 0 Å². The standard InChI is InChI=1S/C13H11FN2O3/c1-7-10(13(18)19-2)12(17)11(16-15-7)8-3-5-9(14)6-4-8/h3-6H,1-2H3,(H,15,17). The first kappa shape index (κ1) is 12.9. The number of nitrogens with zero attached hydrogens (tertiary/aromatic N) is 1. The number of aromatic nitrogens is 2. The van der Waals surface area contributed by atoms with Crippen molar-refractivity contribution in [3.63, 3.8) is 0 Å². The van der Waals surface area contributed by atoms with E-state index in [9.17, 15) is 14.0 Å². The van der Waals surface area contributed by atoms with Gasteiger partial charge in [0, 0.05) is 11.3 Å². The summed E-state index contributed by atoms with van der Waals surface area (Å²) in [6.07, 6.45) is 0. The van der Waals surface area contributed by atoms with Crippen molar-refractivity contribution in [3.8, 4) is 11.3 Å². The van der Waals surface area contributed by atoms with Crippen molar-refractivity contribution in [1.82, 2.24) is 10.2 Å². The van der Waals surface area contributed by atoms with Crippen molar-refractivity contribution in [3.05, 3.63) is 51.6 Å². The van der Waals surface area contributed by atoms with E-state index in [0.717, 1.165) is 0 Å². The maximum absolute atomic E-state index is 12.8. The molecule has 0 spiro atoms. The van der Waals surface area contributed by atoms with Crippen molar-refractivity contribution >= 4 is 5.97 Å². The lowest BCUT2D eigenvalue weighted by Gasteiger charge is -2.05. The van der Waals surface area contributed by atoms with Crippen molar-refractivity contribution < 1.29 is 13.9 Å². The van der Waals surface area contributed by atoms with Crippen LogP contribution >= 0.6 is 0 Å². The predicted molar refractivity (Wildman–Crippen MR) is 66.3 cm³/mol. The fourth-order valence-corrected chi connectivity index (χ4v) is 1.69. The average molecular weight is 262 g/mol. The van der Waals surface area contributed by atoms with Crippen LogP contribution in [0.1, 0.15) is 16.1 Å². The maximum atomic E-state index is 12.8. The summed E-state index contributed by atoms with van der Waals surface area (Å²) in [6, 6.07) is 5.27. The molecule has 0 saturated carbocycles. The number of aromatic amines is 1.